The molecule has 2 aromatic heterocycles. The number of aromatic nitrogens is 1. The molecule has 1 aromatic carbocycles. The van der Waals surface area contributed by atoms with Gasteiger partial charge in [-0.2, -0.15) is 13.2 Å². The highest BCUT2D eigenvalue weighted by Gasteiger charge is 2.33. The molecule has 1 aliphatic rings. The number of nitrogens with one attached hydrogen (secondary N) is 4. The van der Waals surface area contributed by atoms with E-state index in [1.807, 2.05) is 11.9 Å². The molecule has 0 spiro atoms. The summed E-state index contributed by atoms with van der Waals surface area (Å²) in [5.41, 5.74) is -2.51. The van der Waals surface area contributed by atoms with E-state index in [4.69, 9.17) is 0 Å². The first kappa shape index (κ1) is 30.1. The van der Waals surface area contributed by atoms with Crippen LogP contribution in [0.1, 0.15) is 32.7 Å². The van der Waals surface area contributed by atoms with Crippen LogP contribution in [-0.4, -0.2) is 79.6 Å². The Labute approximate surface area is 239 Å². The number of piperidine rings is 1. The topological polar surface area (TPSA) is 89.9 Å². The number of amides is 2. The number of likely N-dealkylation sites (tertiary alicyclic amines) is 1. The molecule has 1 unspecified atom stereocenters. The predicted molar refractivity (Wildman–Crippen MR) is 152 cm³/mol. The van der Waals surface area contributed by atoms with Crippen molar-refractivity contribution >= 4 is 40.5 Å². The molecule has 0 saturated carbocycles. The lowest BCUT2D eigenvalue weighted by Crippen LogP contribution is -2.46. The molecule has 218 valence electrons. The summed E-state index contributed by atoms with van der Waals surface area (Å²) in [5, 5.41) is 11.1. The molecular formula is C28H30F4N6O2S. The minimum Gasteiger partial charge on any atom is -0.378 e. The predicted octanol–water partition coefficient (Wildman–Crippen LogP) is 4.19. The van der Waals surface area contributed by atoms with Gasteiger partial charge >= 0.3 is 5.51 Å². The molecule has 41 heavy (non-hydrogen) atoms. The van der Waals surface area contributed by atoms with Gasteiger partial charge in [-0.25, -0.2) is 4.39 Å². The standard InChI is InChI=1S/C28H30F4N6O2S/c1-33-25(39)17-8-9-21(19(14-17)26(40)34-2)35-11-4-6-18-15-24-23(36-22-10-13-37(3)16-20(22)29)7-5-12-38(24)27(18)41-28(30,31)32/h5,7-9,12,14-15,20,22,35-36H,10-11,13,16H2,1-3H3,(H,33,39)(H,34,40)/t20?,22-/m1/s1. The van der Waals surface area contributed by atoms with E-state index in [0.29, 0.717) is 35.4 Å². The second-order valence-corrected chi connectivity index (χ2v) is 10.5. The largest absolute Gasteiger partial charge is 0.447 e. The molecule has 2 amide bonds. The molecular weight excluding hydrogens is 560 g/mol. The molecule has 0 radical (unpaired) electrons. The zero-order chi connectivity index (χ0) is 29.7. The van der Waals surface area contributed by atoms with Crippen molar-refractivity contribution in [2.75, 3.05) is 51.4 Å². The fraction of sp³-hybridized carbons (Fsp3) is 0.357. The molecule has 2 atom stereocenters. The second kappa shape index (κ2) is 12.7. The number of hydrogen-bond acceptors (Lipinski definition) is 6. The Morgan fingerprint density at radius 2 is 1.85 bits per heavy atom. The molecule has 3 heterocycles. The maximum absolute atomic E-state index is 14.7. The van der Waals surface area contributed by atoms with Crippen LogP contribution in [-0.2, 0) is 0 Å². The number of carbonyl (C=O) groups excluding carboxylic acids is 2. The van der Waals surface area contributed by atoms with Crippen LogP contribution in [0.3, 0.4) is 0 Å². The summed E-state index contributed by atoms with van der Waals surface area (Å²) in [6, 6.07) is 8.96. The number of pyridine rings is 1. The van der Waals surface area contributed by atoms with Crippen molar-refractivity contribution in [3.8, 4) is 11.8 Å². The van der Waals surface area contributed by atoms with Gasteiger partial charge in [0.05, 0.1) is 34.9 Å². The van der Waals surface area contributed by atoms with Crippen LogP contribution < -0.4 is 21.3 Å². The summed E-state index contributed by atoms with van der Waals surface area (Å²) in [6.07, 6.45) is 0.955. The summed E-state index contributed by atoms with van der Waals surface area (Å²) >= 11 is -0.270. The molecule has 13 heteroatoms. The Hall–Kier alpha value is -3.89. The van der Waals surface area contributed by atoms with Crippen molar-refractivity contribution in [2.24, 2.45) is 0 Å². The number of fused-ring (bicyclic) bond motifs is 1. The van der Waals surface area contributed by atoms with Gasteiger partial charge in [0.15, 0.2) is 0 Å². The van der Waals surface area contributed by atoms with Gasteiger partial charge in [-0.05, 0) is 49.9 Å². The molecule has 4 N–H and O–H groups in total. The third kappa shape index (κ3) is 7.25. The quantitative estimate of drug-likeness (QED) is 0.188. The Morgan fingerprint density at radius 3 is 2.54 bits per heavy atom. The van der Waals surface area contributed by atoms with Crippen molar-refractivity contribution in [3.05, 3.63) is 59.3 Å². The molecule has 1 saturated heterocycles. The van der Waals surface area contributed by atoms with Gasteiger partial charge < -0.3 is 30.6 Å². The van der Waals surface area contributed by atoms with Gasteiger partial charge in [0.1, 0.15) is 11.2 Å². The van der Waals surface area contributed by atoms with Crippen LogP contribution in [0.15, 0.2) is 47.6 Å². The smallest absolute Gasteiger partial charge is 0.378 e. The van der Waals surface area contributed by atoms with Crippen molar-refractivity contribution in [3.63, 3.8) is 0 Å². The highest BCUT2D eigenvalue weighted by Crippen LogP contribution is 2.40. The Bertz CT molecular complexity index is 1500. The number of rotatable bonds is 7. The van der Waals surface area contributed by atoms with Crippen LogP contribution >= 0.6 is 11.8 Å². The van der Waals surface area contributed by atoms with Crippen molar-refractivity contribution in [1.82, 2.24) is 19.9 Å². The number of nitrogens with zero attached hydrogens (tertiary/aromatic N) is 2. The van der Waals surface area contributed by atoms with E-state index in [2.05, 4.69) is 33.1 Å². The summed E-state index contributed by atoms with van der Waals surface area (Å²) in [7, 11) is 4.78. The van der Waals surface area contributed by atoms with Crippen LogP contribution in [0, 0.1) is 11.8 Å². The Kier molecular flexibility index (Phi) is 9.35. The van der Waals surface area contributed by atoms with Gasteiger partial charge in [0.25, 0.3) is 11.8 Å². The van der Waals surface area contributed by atoms with Crippen molar-refractivity contribution < 1.29 is 27.2 Å². The minimum absolute atomic E-state index is 0.00978. The van der Waals surface area contributed by atoms with Crippen molar-refractivity contribution in [2.45, 2.75) is 29.2 Å². The maximum Gasteiger partial charge on any atom is 0.447 e. The van der Waals surface area contributed by atoms with E-state index in [0.717, 1.165) is 0 Å². The highest BCUT2D eigenvalue weighted by atomic mass is 32.2. The fourth-order valence-corrected chi connectivity index (χ4v) is 5.30. The normalized spacial score (nSPS) is 17.4. The maximum atomic E-state index is 14.7. The summed E-state index contributed by atoms with van der Waals surface area (Å²) in [6.45, 7) is 0.990. The molecule has 0 aliphatic carbocycles. The van der Waals surface area contributed by atoms with Crippen LogP contribution in [0.4, 0.5) is 28.9 Å². The first-order valence-electron chi connectivity index (χ1n) is 12.8. The number of alkyl halides is 4. The lowest BCUT2D eigenvalue weighted by atomic mass is 10.0. The number of halogens is 4. The first-order valence-corrected chi connectivity index (χ1v) is 13.6. The summed E-state index contributed by atoms with van der Waals surface area (Å²) < 4.78 is 56.6. The highest BCUT2D eigenvalue weighted by molar-refractivity contribution is 8.00. The zero-order valence-corrected chi connectivity index (χ0v) is 23.5. The third-order valence-electron chi connectivity index (χ3n) is 6.63. The number of carbonyl (C=O) groups is 2. The average Bonchev–Trinajstić information content (AvgIpc) is 3.28. The third-order valence-corrected chi connectivity index (χ3v) is 7.47. The summed E-state index contributed by atoms with van der Waals surface area (Å²) in [4.78, 5) is 26.3. The molecule has 0 bridgehead atoms. The monoisotopic (exact) mass is 590 g/mol. The van der Waals surface area contributed by atoms with E-state index in [-0.39, 0.29) is 46.9 Å². The van der Waals surface area contributed by atoms with E-state index in [1.165, 1.54) is 30.8 Å². The first-order chi connectivity index (χ1) is 19.5. The van der Waals surface area contributed by atoms with Crippen LogP contribution in [0.25, 0.3) is 5.52 Å². The van der Waals surface area contributed by atoms with Gasteiger partial charge in [-0.15, -0.1) is 0 Å². The Balaban J connectivity index is 1.62. The SMILES string of the molecule is CNC(=O)c1ccc(NCC#Cc2cc3c(N[C@@H]4CCN(C)CC4F)cccn3c2SC(F)(F)F)c(C(=O)NC)c1. The van der Waals surface area contributed by atoms with Crippen LogP contribution in [0.5, 0.6) is 0 Å². The molecule has 1 fully saturated rings. The van der Waals surface area contributed by atoms with E-state index < -0.39 is 23.6 Å². The number of thioether (sulfide) groups is 1. The van der Waals surface area contributed by atoms with Gasteiger partial charge in [-0.3, -0.25) is 9.59 Å². The lowest BCUT2D eigenvalue weighted by molar-refractivity contribution is -0.0330. The van der Waals surface area contributed by atoms with Crippen molar-refractivity contribution in [1.29, 1.82) is 0 Å². The van der Waals surface area contributed by atoms with E-state index in [1.54, 1.807) is 30.3 Å². The zero-order valence-electron chi connectivity index (χ0n) is 22.7. The number of hydrogen-bond donors (Lipinski definition) is 4. The molecule has 1 aliphatic heterocycles. The lowest BCUT2D eigenvalue weighted by Gasteiger charge is -2.33. The van der Waals surface area contributed by atoms with Gasteiger partial charge in [-0.1, -0.05) is 11.8 Å². The molecule has 4 rings (SSSR count). The summed E-state index contributed by atoms with van der Waals surface area (Å²) in [5.74, 6) is 4.87. The van der Waals surface area contributed by atoms with Crippen LogP contribution in [0.2, 0.25) is 0 Å². The fourth-order valence-electron chi connectivity index (χ4n) is 4.60. The number of benzene rings is 1. The minimum atomic E-state index is -4.56. The molecule has 8 nitrogen and oxygen atoms in total. The van der Waals surface area contributed by atoms with E-state index >= 15 is 0 Å². The van der Waals surface area contributed by atoms with Gasteiger partial charge in [0.2, 0.25) is 0 Å². The Morgan fingerprint density at radius 1 is 1.10 bits per heavy atom. The average molecular weight is 591 g/mol. The van der Waals surface area contributed by atoms with E-state index in [9.17, 15) is 27.2 Å². The number of anilines is 2. The molecule has 3 aromatic rings. The van der Waals surface area contributed by atoms with Gasteiger partial charge in [0, 0.05) is 56.4 Å². The second-order valence-electron chi connectivity index (χ2n) is 9.48.